The van der Waals surface area contributed by atoms with Crippen LogP contribution in [0.5, 0.6) is 5.75 Å². The van der Waals surface area contributed by atoms with Gasteiger partial charge in [-0.25, -0.2) is 9.98 Å². The number of hydrogen-bond donors (Lipinski definition) is 2. The number of aliphatic imine (C=N–C) groups is 1. The molecule has 8 nitrogen and oxygen atoms in total. The molecule has 0 aliphatic carbocycles. The number of amides is 1. The molecule has 2 N–H and O–H groups in total. The molecule has 6 rings (SSSR count). The Kier molecular flexibility index (Phi) is 4.34. The van der Waals surface area contributed by atoms with E-state index in [1.54, 1.807) is 23.0 Å². The van der Waals surface area contributed by atoms with Crippen LogP contribution in [0, 0.1) is 6.92 Å². The number of amidine groups is 1. The maximum Gasteiger partial charge on any atom is 0.291 e. The highest BCUT2D eigenvalue weighted by Crippen LogP contribution is 2.49. The van der Waals surface area contributed by atoms with Crippen LogP contribution in [-0.4, -0.2) is 31.6 Å². The average molecular weight is 501 g/mol. The Morgan fingerprint density at radius 3 is 2.73 bits per heavy atom. The maximum atomic E-state index is 13.2. The van der Waals surface area contributed by atoms with Crippen LogP contribution >= 0.6 is 15.9 Å². The number of carbonyl (C=O) groups is 1. The monoisotopic (exact) mass is 500 g/mol. The molecule has 1 amide bonds. The molecule has 0 radical (unpaired) electrons. The molecule has 4 aromatic rings. The standard InChI is InChI=1S/C24H17BrN6O2/c1-13-20-21(15-12-14(25)9-10-18(15)32)30-17-7-3-2-6-16(17)27-24(33)23(30)28-22(20)31(29-13)19-8-4-5-11-26-19/h2-12,21,32H,1H3,(H,27,33). The van der Waals surface area contributed by atoms with E-state index in [0.717, 1.165) is 21.4 Å². The van der Waals surface area contributed by atoms with Gasteiger partial charge in [-0.1, -0.05) is 34.1 Å². The van der Waals surface area contributed by atoms with Crippen LogP contribution in [0.4, 0.5) is 17.2 Å². The molecule has 9 heteroatoms. The molecule has 2 aromatic carbocycles. The first-order valence-corrected chi connectivity index (χ1v) is 11.1. The van der Waals surface area contributed by atoms with Gasteiger partial charge in [0, 0.05) is 21.8 Å². The highest BCUT2D eigenvalue weighted by Gasteiger charge is 2.43. The number of aromatic hydroxyl groups is 1. The first-order valence-electron chi connectivity index (χ1n) is 10.3. The third-order valence-corrected chi connectivity index (χ3v) is 6.31. The quantitative estimate of drug-likeness (QED) is 0.418. The van der Waals surface area contributed by atoms with Crippen molar-refractivity contribution >= 4 is 44.9 Å². The number of fused-ring (bicyclic) bond motifs is 4. The highest BCUT2D eigenvalue weighted by molar-refractivity contribution is 9.10. The van der Waals surface area contributed by atoms with Crippen molar-refractivity contribution in [2.75, 3.05) is 10.2 Å². The van der Waals surface area contributed by atoms with Crippen molar-refractivity contribution in [1.82, 2.24) is 14.8 Å². The topological polar surface area (TPSA) is 95.6 Å². The Morgan fingerprint density at radius 2 is 1.91 bits per heavy atom. The van der Waals surface area contributed by atoms with Crippen molar-refractivity contribution in [1.29, 1.82) is 0 Å². The molecule has 1 atom stereocenters. The summed E-state index contributed by atoms with van der Waals surface area (Å²) in [6, 6.07) is 17.8. The Balaban J connectivity index is 1.69. The van der Waals surface area contributed by atoms with Gasteiger partial charge in [0.25, 0.3) is 5.91 Å². The van der Waals surface area contributed by atoms with E-state index in [9.17, 15) is 9.90 Å². The zero-order chi connectivity index (χ0) is 22.7. The Morgan fingerprint density at radius 1 is 1.09 bits per heavy atom. The van der Waals surface area contributed by atoms with Crippen LogP contribution in [0.15, 0.2) is 76.3 Å². The van der Waals surface area contributed by atoms with Gasteiger partial charge in [-0.05, 0) is 49.4 Å². The van der Waals surface area contributed by atoms with Gasteiger partial charge in [-0.3, -0.25) is 4.79 Å². The van der Waals surface area contributed by atoms with Gasteiger partial charge >= 0.3 is 0 Å². The minimum atomic E-state index is -0.533. The largest absolute Gasteiger partial charge is 0.508 e. The van der Waals surface area contributed by atoms with E-state index >= 15 is 0 Å². The highest BCUT2D eigenvalue weighted by atomic mass is 79.9. The number of hydrogen-bond acceptors (Lipinski definition) is 6. The number of carbonyl (C=O) groups excluding carboxylic acids is 1. The number of pyridine rings is 1. The van der Waals surface area contributed by atoms with Gasteiger partial charge in [0.2, 0.25) is 5.84 Å². The number of phenolic OH excluding ortho intramolecular Hbond substituents is 1. The van der Waals surface area contributed by atoms with Gasteiger partial charge in [0.1, 0.15) is 5.75 Å². The van der Waals surface area contributed by atoms with Crippen molar-refractivity contribution < 1.29 is 9.90 Å². The molecule has 162 valence electrons. The number of nitrogens with one attached hydrogen (secondary N) is 1. The third-order valence-electron chi connectivity index (χ3n) is 5.82. The minimum absolute atomic E-state index is 0.115. The SMILES string of the molecule is Cc1nn(-c2ccccn2)c2c1C(c1cc(Br)ccc1O)N1C(=N2)C(=O)Nc2ccccc21. The van der Waals surface area contributed by atoms with Gasteiger partial charge < -0.3 is 15.3 Å². The van der Waals surface area contributed by atoms with Crippen LogP contribution in [0.2, 0.25) is 0 Å². The van der Waals surface area contributed by atoms with Crippen LogP contribution in [0.25, 0.3) is 5.82 Å². The Bertz CT molecular complexity index is 1460. The summed E-state index contributed by atoms with van der Waals surface area (Å²) in [5.74, 6) is 1.11. The fourth-order valence-corrected chi connectivity index (χ4v) is 4.80. The van der Waals surface area contributed by atoms with E-state index in [2.05, 4.69) is 26.2 Å². The van der Waals surface area contributed by atoms with Crippen molar-refractivity contribution in [2.45, 2.75) is 13.0 Å². The molecule has 0 fully saturated rings. The predicted molar refractivity (Wildman–Crippen MR) is 128 cm³/mol. The van der Waals surface area contributed by atoms with E-state index in [4.69, 9.17) is 10.1 Å². The fourth-order valence-electron chi connectivity index (χ4n) is 4.42. The van der Waals surface area contributed by atoms with Gasteiger partial charge in [0.05, 0.1) is 23.1 Å². The lowest BCUT2D eigenvalue weighted by Gasteiger charge is -2.40. The molecule has 0 bridgehead atoms. The van der Waals surface area contributed by atoms with Crippen molar-refractivity contribution in [3.05, 3.63) is 88.2 Å². The van der Waals surface area contributed by atoms with E-state index in [-0.39, 0.29) is 17.5 Å². The summed E-state index contributed by atoms with van der Waals surface area (Å²) in [7, 11) is 0. The number of nitrogens with zero attached hydrogens (tertiary/aromatic N) is 5. The first-order chi connectivity index (χ1) is 16.0. The normalized spacial score (nSPS) is 16.4. The molecule has 4 heterocycles. The van der Waals surface area contributed by atoms with Crippen molar-refractivity contribution in [3.8, 4) is 11.6 Å². The summed E-state index contributed by atoms with van der Waals surface area (Å²) in [6.07, 6.45) is 1.68. The summed E-state index contributed by atoms with van der Waals surface area (Å²) >= 11 is 3.52. The van der Waals surface area contributed by atoms with Crippen molar-refractivity contribution in [3.63, 3.8) is 0 Å². The van der Waals surface area contributed by atoms with E-state index in [1.165, 1.54) is 0 Å². The lowest BCUT2D eigenvalue weighted by atomic mass is 9.92. The van der Waals surface area contributed by atoms with Gasteiger partial charge in [0.15, 0.2) is 11.6 Å². The molecule has 1 unspecified atom stereocenters. The first kappa shape index (κ1) is 19.7. The molecule has 0 saturated carbocycles. The average Bonchev–Trinajstić information content (AvgIpc) is 3.16. The van der Waals surface area contributed by atoms with Crippen LogP contribution in [0.1, 0.15) is 22.9 Å². The van der Waals surface area contributed by atoms with E-state index < -0.39 is 6.04 Å². The second-order valence-electron chi connectivity index (χ2n) is 7.80. The number of aromatic nitrogens is 3. The predicted octanol–water partition coefficient (Wildman–Crippen LogP) is 4.64. The minimum Gasteiger partial charge on any atom is -0.508 e. The molecular formula is C24H17BrN6O2. The summed E-state index contributed by atoms with van der Waals surface area (Å²) in [6.45, 7) is 1.90. The lowest BCUT2D eigenvalue weighted by Crippen LogP contribution is -2.48. The number of phenols is 1. The summed E-state index contributed by atoms with van der Waals surface area (Å²) in [4.78, 5) is 24.2. The fraction of sp³-hybridized carbons (Fsp3) is 0.0833. The van der Waals surface area contributed by atoms with Crippen LogP contribution < -0.4 is 10.2 Å². The number of benzene rings is 2. The van der Waals surface area contributed by atoms with Gasteiger partial charge in [-0.15, -0.1) is 0 Å². The van der Waals surface area contributed by atoms with Gasteiger partial charge in [-0.2, -0.15) is 9.78 Å². The zero-order valence-corrected chi connectivity index (χ0v) is 19.0. The summed E-state index contributed by atoms with van der Waals surface area (Å²) in [5.41, 5.74) is 3.62. The Hall–Kier alpha value is -3.98. The number of aryl methyl sites for hydroxylation is 1. The maximum absolute atomic E-state index is 13.2. The lowest BCUT2D eigenvalue weighted by molar-refractivity contribution is -0.110. The Labute approximate surface area is 197 Å². The van der Waals surface area contributed by atoms with Crippen LogP contribution in [-0.2, 0) is 4.79 Å². The number of halogens is 1. The molecule has 33 heavy (non-hydrogen) atoms. The van der Waals surface area contributed by atoms with E-state index in [1.807, 2.05) is 60.4 Å². The third kappa shape index (κ3) is 2.96. The second-order valence-corrected chi connectivity index (χ2v) is 8.72. The number of para-hydroxylation sites is 2. The smallest absolute Gasteiger partial charge is 0.291 e. The van der Waals surface area contributed by atoms with Crippen molar-refractivity contribution in [2.24, 2.45) is 4.99 Å². The molecule has 2 aliphatic heterocycles. The molecule has 0 spiro atoms. The summed E-state index contributed by atoms with van der Waals surface area (Å²) < 4.78 is 2.45. The summed E-state index contributed by atoms with van der Waals surface area (Å²) in [5, 5.41) is 18.6. The second kappa shape index (κ2) is 7.28. The number of rotatable bonds is 2. The number of anilines is 2. The molecule has 2 aromatic heterocycles. The zero-order valence-electron chi connectivity index (χ0n) is 17.4. The molecule has 0 saturated heterocycles. The van der Waals surface area contributed by atoms with Crippen LogP contribution in [0.3, 0.4) is 0 Å². The molecule has 2 aliphatic rings. The molecular weight excluding hydrogens is 484 g/mol. The van der Waals surface area contributed by atoms with E-state index in [0.29, 0.717) is 22.9 Å².